The highest BCUT2D eigenvalue weighted by molar-refractivity contribution is 7.14. The van der Waals surface area contributed by atoms with Gasteiger partial charge in [0.2, 0.25) is 0 Å². The summed E-state index contributed by atoms with van der Waals surface area (Å²) in [5.41, 5.74) is 7.77. The van der Waals surface area contributed by atoms with Crippen LogP contribution in [0.2, 0.25) is 5.02 Å². The summed E-state index contributed by atoms with van der Waals surface area (Å²) in [6, 6.07) is 10.6. The Balaban J connectivity index is 0.00000240. The lowest BCUT2D eigenvalue weighted by atomic mass is 10.2. The lowest BCUT2D eigenvalue weighted by Crippen LogP contribution is -2.16. The van der Waals surface area contributed by atoms with Crippen molar-refractivity contribution in [3.8, 4) is 10.6 Å². The van der Waals surface area contributed by atoms with Crippen molar-refractivity contribution in [1.29, 1.82) is 0 Å². The van der Waals surface area contributed by atoms with Crippen LogP contribution in [0.15, 0.2) is 52.9 Å². The van der Waals surface area contributed by atoms with Gasteiger partial charge in [0.05, 0.1) is 27.6 Å². The van der Waals surface area contributed by atoms with Gasteiger partial charge in [0.15, 0.2) is 0 Å². The van der Waals surface area contributed by atoms with Crippen LogP contribution in [0.5, 0.6) is 0 Å². The zero-order valence-electron chi connectivity index (χ0n) is 15.0. The van der Waals surface area contributed by atoms with E-state index in [0.29, 0.717) is 46.1 Å². The number of rotatable bonds is 5. The number of amides is 1. The van der Waals surface area contributed by atoms with Crippen LogP contribution in [-0.4, -0.2) is 27.0 Å². The number of carbonyl (C=O) groups is 1. The first-order valence-electron chi connectivity index (χ1n) is 8.51. The minimum atomic E-state index is -0.312. The van der Waals surface area contributed by atoms with Gasteiger partial charge in [-0.2, -0.15) is 0 Å². The van der Waals surface area contributed by atoms with Crippen molar-refractivity contribution >= 4 is 58.0 Å². The fourth-order valence-electron chi connectivity index (χ4n) is 3.13. The number of aromatic amines is 1. The Hall–Kier alpha value is -2.65. The highest BCUT2D eigenvalue weighted by Crippen LogP contribution is 2.42. The van der Waals surface area contributed by atoms with Gasteiger partial charge in [-0.15, -0.1) is 23.7 Å². The summed E-state index contributed by atoms with van der Waals surface area (Å²) in [6.07, 6.45) is 1.31. The summed E-state index contributed by atoms with van der Waals surface area (Å²) < 4.78 is 1.76. The minimum absolute atomic E-state index is 0. The van der Waals surface area contributed by atoms with Crippen LogP contribution < -0.4 is 16.6 Å². The second-order valence-corrected chi connectivity index (χ2v) is 7.33. The first kappa shape index (κ1) is 21.1. The average molecular weight is 450 g/mol. The smallest absolute Gasteiger partial charge is 0.275 e. The predicted octanol–water partition coefficient (Wildman–Crippen LogP) is 3.74. The molecule has 3 heterocycles. The van der Waals surface area contributed by atoms with Crippen LogP contribution in [0.1, 0.15) is 10.4 Å². The molecule has 0 fully saturated rings. The number of fused-ring (bicyclic) bond motifs is 1. The number of nitrogens with two attached hydrogens (primary N) is 1. The highest BCUT2D eigenvalue weighted by Gasteiger charge is 2.25. The maximum absolute atomic E-state index is 12.8. The van der Waals surface area contributed by atoms with Gasteiger partial charge in [0.25, 0.3) is 11.5 Å². The fraction of sp³-hybridized carbons (Fsp3) is 0.105. The predicted molar refractivity (Wildman–Crippen MR) is 119 cm³/mol. The van der Waals surface area contributed by atoms with Crippen LogP contribution in [0.25, 0.3) is 21.6 Å². The van der Waals surface area contributed by atoms with Crippen LogP contribution in [0, 0.1) is 0 Å². The van der Waals surface area contributed by atoms with Gasteiger partial charge in [0.1, 0.15) is 11.0 Å². The molecule has 0 radical (unpaired) electrons. The number of thiophene rings is 1. The highest BCUT2D eigenvalue weighted by atomic mass is 35.5. The number of H-pyrrole nitrogens is 1. The van der Waals surface area contributed by atoms with Gasteiger partial charge < -0.3 is 20.6 Å². The first-order chi connectivity index (χ1) is 13.6. The SMILES string of the molecule is Cl.NCCn1c(-c2sccc2Cl)c(NC(=O)c2ccccc2)c2nc[nH]c(=O)c21. The number of hydrogen-bond acceptors (Lipinski definition) is 5. The molecular weight excluding hydrogens is 433 g/mol. The number of aromatic nitrogens is 3. The number of nitrogens with zero attached hydrogens (tertiary/aromatic N) is 2. The second-order valence-electron chi connectivity index (χ2n) is 6.01. The molecule has 1 aromatic carbocycles. The maximum atomic E-state index is 12.8. The third-order valence-corrected chi connectivity index (χ3v) is 5.65. The average Bonchev–Trinajstić information content (AvgIpc) is 3.25. The number of nitrogens with one attached hydrogen (secondary N) is 2. The van der Waals surface area contributed by atoms with E-state index in [0.717, 1.165) is 4.88 Å². The van der Waals surface area contributed by atoms with Crippen molar-refractivity contribution < 1.29 is 4.79 Å². The topological polar surface area (TPSA) is 106 Å². The lowest BCUT2D eigenvalue weighted by molar-refractivity contribution is 0.102. The van der Waals surface area contributed by atoms with Crippen LogP contribution in [0.4, 0.5) is 5.69 Å². The molecule has 7 nitrogen and oxygen atoms in total. The number of halogens is 2. The Kier molecular flexibility index (Phi) is 6.39. The Morgan fingerprint density at radius 1 is 1.28 bits per heavy atom. The van der Waals surface area contributed by atoms with Crippen molar-refractivity contribution in [1.82, 2.24) is 14.5 Å². The largest absolute Gasteiger partial charge is 0.331 e. The molecule has 0 saturated carbocycles. The number of anilines is 1. The quantitative estimate of drug-likeness (QED) is 0.431. The summed E-state index contributed by atoms with van der Waals surface area (Å²) in [7, 11) is 0. The van der Waals surface area contributed by atoms with Gasteiger partial charge in [-0.25, -0.2) is 4.98 Å². The molecule has 0 spiro atoms. The van der Waals surface area contributed by atoms with E-state index in [2.05, 4.69) is 15.3 Å². The monoisotopic (exact) mass is 449 g/mol. The standard InChI is InChI=1S/C19H16ClN5O2S.ClH/c20-12-6-9-28-17(12)15-14(24-18(26)11-4-2-1-3-5-11)13-16(25(15)8-7-21)19(27)23-10-22-13;/h1-6,9-10H,7-8,21H2,(H,24,26)(H,22,23,27);1H. The number of benzene rings is 1. The van der Waals surface area contributed by atoms with E-state index < -0.39 is 0 Å². The van der Waals surface area contributed by atoms with Gasteiger partial charge in [0, 0.05) is 18.7 Å². The fourth-order valence-corrected chi connectivity index (χ4v) is 4.34. The molecule has 3 aromatic heterocycles. The Morgan fingerprint density at radius 2 is 2.03 bits per heavy atom. The van der Waals surface area contributed by atoms with E-state index >= 15 is 0 Å². The molecule has 0 unspecified atom stereocenters. The Labute approximate surface area is 180 Å². The Bertz CT molecular complexity index is 1220. The minimum Gasteiger partial charge on any atom is -0.331 e. The van der Waals surface area contributed by atoms with E-state index in [9.17, 15) is 9.59 Å². The van der Waals surface area contributed by atoms with Crippen LogP contribution in [0.3, 0.4) is 0 Å². The zero-order valence-corrected chi connectivity index (χ0v) is 17.4. The molecule has 1 amide bonds. The van der Waals surface area contributed by atoms with Gasteiger partial charge in [-0.05, 0) is 23.6 Å². The molecule has 29 heavy (non-hydrogen) atoms. The van der Waals surface area contributed by atoms with Gasteiger partial charge in [-0.3, -0.25) is 9.59 Å². The lowest BCUT2D eigenvalue weighted by Gasteiger charge is -2.11. The molecule has 150 valence electrons. The number of carbonyl (C=O) groups excluding carboxylic acids is 1. The van der Waals surface area contributed by atoms with Crippen molar-refractivity contribution in [2.45, 2.75) is 6.54 Å². The first-order valence-corrected chi connectivity index (χ1v) is 9.77. The molecule has 0 saturated heterocycles. The molecule has 4 N–H and O–H groups in total. The molecule has 10 heteroatoms. The van der Waals surface area contributed by atoms with Crippen molar-refractivity contribution in [2.75, 3.05) is 11.9 Å². The summed E-state index contributed by atoms with van der Waals surface area (Å²) >= 11 is 7.80. The molecule has 0 aliphatic rings. The molecule has 0 bridgehead atoms. The maximum Gasteiger partial charge on any atom is 0.275 e. The van der Waals surface area contributed by atoms with E-state index in [1.807, 2.05) is 11.4 Å². The van der Waals surface area contributed by atoms with Crippen LogP contribution in [-0.2, 0) is 6.54 Å². The zero-order chi connectivity index (χ0) is 19.7. The van der Waals surface area contributed by atoms with Crippen LogP contribution >= 0.6 is 35.3 Å². The van der Waals surface area contributed by atoms with Crippen molar-refractivity contribution in [3.63, 3.8) is 0 Å². The van der Waals surface area contributed by atoms with E-state index in [1.165, 1.54) is 17.7 Å². The number of hydrogen-bond donors (Lipinski definition) is 3. The normalized spacial score (nSPS) is 10.7. The molecule has 4 aromatic rings. The summed E-state index contributed by atoms with van der Waals surface area (Å²) in [5, 5.41) is 5.30. The van der Waals surface area contributed by atoms with Gasteiger partial charge >= 0.3 is 0 Å². The summed E-state index contributed by atoms with van der Waals surface area (Å²) in [5.74, 6) is -0.302. The Morgan fingerprint density at radius 3 is 2.69 bits per heavy atom. The van der Waals surface area contributed by atoms with E-state index in [1.54, 1.807) is 34.9 Å². The summed E-state index contributed by atoms with van der Waals surface area (Å²) in [4.78, 5) is 33.0. The van der Waals surface area contributed by atoms with E-state index in [4.69, 9.17) is 17.3 Å². The molecule has 4 rings (SSSR count). The molecule has 0 atom stereocenters. The second kappa shape index (κ2) is 8.79. The molecular formula is C19H17Cl2N5O2S. The third-order valence-electron chi connectivity index (χ3n) is 4.30. The van der Waals surface area contributed by atoms with Crippen molar-refractivity contribution in [3.05, 3.63) is 69.0 Å². The van der Waals surface area contributed by atoms with E-state index in [-0.39, 0.29) is 23.9 Å². The molecule has 0 aliphatic heterocycles. The van der Waals surface area contributed by atoms with Crippen molar-refractivity contribution in [2.24, 2.45) is 5.73 Å². The third kappa shape index (κ3) is 3.79. The van der Waals surface area contributed by atoms with Gasteiger partial charge in [-0.1, -0.05) is 29.8 Å². The molecule has 0 aliphatic carbocycles. The summed E-state index contributed by atoms with van der Waals surface area (Å²) in [6.45, 7) is 0.677.